The summed E-state index contributed by atoms with van der Waals surface area (Å²) in [5.74, 6) is -1.05. The largest absolute Gasteiger partial charge is 0.455 e. The van der Waals surface area contributed by atoms with Gasteiger partial charge in [0.2, 0.25) is 5.91 Å². The van der Waals surface area contributed by atoms with Crippen LogP contribution in [0.15, 0.2) is 76.0 Å². The Hall–Kier alpha value is -3.39. The quantitative estimate of drug-likeness (QED) is 0.731. The number of amides is 2. The molecule has 0 saturated carbocycles. The predicted molar refractivity (Wildman–Crippen MR) is 103 cm³/mol. The molecule has 2 amide bonds. The number of hydrogen-bond donors (Lipinski definition) is 1. The fourth-order valence-electron chi connectivity index (χ4n) is 3.02. The number of benzene rings is 2. The van der Waals surface area contributed by atoms with Crippen LogP contribution in [0, 0.1) is 0 Å². The van der Waals surface area contributed by atoms with Crippen LogP contribution in [0.1, 0.15) is 16.3 Å². The first-order chi connectivity index (χ1) is 13.4. The number of sulfone groups is 1. The lowest BCUT2D eigenvalue weighted by Gasteiger charge is -2.28. The summed E-state index contributed by atoms with van der Waals surface area (Å²) in [6.45, 7) is -0.145. The smallest absolute Gasteiger partial charge is 0.294 e. The summed E-state index contributed by atoms with van der Waals surface area (Å²) in [4.78, 5) is 26.3. The molecule has 7 nitrogen and oxygen atoms in total. The minimum Gasteiger partial charge on any atom is -0.455 e. The van der Waals surface area contributed by atoms with E-state index >= 15 is 0 Å². The van der Waals surface area contributed by atoms with Gasteiger partial charge >= 0.3 is 0 Å². The van der Waals surface area contributed by atoms with Gasteiger partial charge in [-0.1, -0.05) is 30.3 Å². The van der Waals surface area contributed by atoms with Crippen molar-refractivity contribution in [2.45, 2.75) is 10.6 Å². The van der Waals surface area contributed by atoms with Gasteiger partial charge in [-0.25, -0.2) is 8.42 Å². The topological polar surface area (TPSA) is 96.7 Å². The van der Waals surface area contributed by atoms with Crippen LogP contribution in [0.2, 0.25) is 0 Å². The summed E-state index contributed by atoms with van der Waals surface area (Å²) in [7, 11) is -3.59. The van der Waals surface area contributed by atoms with Gasteiger partial charge in [-0.2, -0.15) is 0 Å². The second kappa shape index (κ2) is 6.97. The monoisotopic (exact) mass is 396 g/mol. The molecule has 1 aliphatic heterocycles. The van der Waals surface area contributed by atoms with Crippen LogP contribution < -0.4 is 10.2 Å². The highest BCUT2D eigenvalue weighted by molar-refractivity contribution is 7.90. The number of anilines is 2. The summed E-state index contributed by atoms with van der Waals surface area (Å²) in [6.07, 6.45) is 0. The molecule has 0 aliphatic carbocycles. The van der Waals surface area contributed by atoms with Crippen molar-refractivity contribution >= 4 is 33.0 Å². The van der Waals surface area contributed by atoms with Crippen LogP contribution >= 0.6 is 0 Å². The van der Waals surface area contributed by atoms with E-state index in [-0.39, 0.29) is 34.6 Å². The Balaban J connectivity index is 1.58. The van der Waals surface area contributed by atoms with Gasteiger partial charge in [-0.3, -0.25) is 14.5 Å². The normalized spacial score (nSPS) is 13.7. The summed E-state index contributed by atoms with van der Waals surface area (Å²) < 4.78 is 30.5. The van der Waals surface area contributed by atoms with E-state index in [4.69, 9.17) is 4.42 Å². The van der Waals surface area contributed by atoms with Gasteiger partial charge < -0.3 is 9.73 Å². The van der Waals surface area contributed by atoms with Crippen molar-refractivity contribution in [1.29, 1.82) is 0 Å². The second-order valence-electron chi connectivity index (χ2n) is 6.29. The number of para-hydroxylation sites is 2. The molecule has 0 spiro atoms. The molecule has 0 fully saturated rings. The van der Waals surface area contributed by atoms with Crippen molar-refractivity contribution in [2.75, 3.05) is 16.8 Å². The van der Waals surface area contributed by atoms with Crippen molar-refractivity contribution in [3.05, 3.63) is 78.3 Å². The third-order valence-corrected chi connectivity index (χ3v) is 5.98. The van der Waals surface area contributed by atoms with E-state index in [0.717, 1.165) is 0 Å². The predicted octanol–water partition coefficient (Wildman–Crippen LogP) is 2.85. The van der Waals surface area contributed by atoms with Crippen molar-refractivity contribution in [3.8, 4) is 0 Å². The molecule has 28 heavy (non-hydrogen) atoms. The summed E-state index contributed by atoms with van der Waals surface area (Å²) in [5, 5.41) is 2.71. The molecule has 0 atom stereocenters. The van der Waals surface area contributed by atoms with E-state index in [1.165, 1.54) is 29.2 Å². The highest BCUT2D eigenvalue weighted by atomic mass is 32.2. The van der Waals surface area contributed by atoms with Gasteiger partial charge in [0.05, 0.1) is 16.3 Å². The van der Waals surface area contributed by atoms with Crippen molar-refractivity contribution < 1.29 is 22.4 Å². The van der Waals surface area contributed by atoms with Crippen LogP contribution in [0.4, 0.5) is 11.4 Å². The van der Waals surface area contributed by atoms with Gasteiger partial charge in [0.25, 0.3) is 5.91 Å². The van der Waals surface area contributed by atoms with Crippen LogP contribution in [-0.2, 0) is 20.4 Å². The maximum atomic E-state index is 12.9. The molecule has 0 radical (unpaired) electrons. The molecular formula is C20H16N2O5S. The maximum Gasteiger partial charge on any atom is 0.294 e. The molecule has 8 heteroatoms. The number of nitrogens with one attached hydrogen (secondary N) is 1. The van der Waals surface area contributed by atoms with Crippen LogP contribution in [0.5, 0.6) is 0 Å². The van der Waals surface area contributed by atoms with E-state index in [9.17, 15) is 18.0 Å². The number of hydrogen-bond acceptors (Lipinski definition) is 5. The van der Waals surface area contributed by atoms with E-state index < -0.39 is 15.7 Å². The number of fused-ring (bicyclic) bond motifs is 1. The Morgan fingerprint density at radius 2 is 1.71 bits per heavy atom. The zero-order valence-electron chi connectivity index (χ0n) is 14.7. The van der Waals surface area contributed by atoms with E-state index in [0.29, 0.717) is 11.4 Å². The fourth-order valence-corrected chi connectivity index (χ4v) is 4.28. The van der Waals surface area contributed by atoms with E-state index in [2.05, 4.69) is 5.32 Å². The zero-order valence-corrected chi connectivity index (χ0v) is 15.5. The highest BCUT2D eigenvalue weighted by Crippen LogP contribution is 2.30. The van der Waals surface area contributed by atoms with Gasteiger partial charge in [-0.15, -0.1) is 0 Å². The SMILES string of the molecule is O=C1CN(C(=O)c2ccc(CS(=O)(=O)c3ccccc3)o2)c2ccccc2N1. The fraction of sp³-hybridized carbons (Fsp3) is 0.100. The molecule has 142 valence electrons. The first-order valence-corrected chi connectivity index (χ1v) is 10.2. The van der Waals surface area contributed by atoms with E-state index in [1.807, 2.05) is 0 Å². The van der Waals surface area contributed by atoms with Gasteiger partial charge in [-0.05, 0) is 36.4 Å². The van der Waals surface area contributed by atoms with Crippen LogP contribution in [0.3, 0.4) is 0 Å². The minimum atomic E-state index is -3.59. The lowest BCUT2D eigenvalue weighted by atomic mass is 10.2. The molecule has 1 N–H and O–H groups in total. The molecule has 0 saturated heterocycles. The zero-order chi connectivity index (χ0) is 19.7. The Kier molecular flexibility index (Phi) is 4.48. The summed E-state index contributed by atoms with van der Waals surface area (Å²) in [5.41, 5.74) is 1.09. The summed E-state index contributed by atoms with van der Waals surface area (Å²) >= 11 is 0. The molecule has 2 aromatic carbocycles. The molecular weight excluding hydrogens is 380 g/mol. The average molecular weight is 396 g/mol. The van der Waals surface area contributed by atoms with Crippen molar-refractivity contribution in [2.24, 2.45) is 0 Å². The van der Waals surface area contributed by atoms with Gasteiger partial charge in [0.1, 0.15) is 18.1 Å². The number of furan rings is 1. The number of nitrogens with zero attached hydrogens (tertiary/aromatic N) is 1. The van der Waals surface area contributed by atoms with Gasteiger partial charge in [0, 0.05) is 0 Å². The first-order valence-electron chi connectivity index (χ1n) is 8.51. The number of carbonyl (C=O) groups excluding carboxylic acids is 2. The first kappa shape index (κ1) is 18.0. The molecule has 4 rings (SSSR count). The number of rotatable bonds is 4. The molecule has 3 aromatic rings. The third kappa shape index (κ3) is 3.41. The highest BCUT2D eigenvalue weighted by Gasteiger charge is 2.29. The van der Waals surface area contributed by atoms with Crippen LogP contribution in [0.25, 0.3) is 0 Å². The molecule has 0 bridgehead atoms. The van der Waals surface area contributed by atoms with E-state index in [1.54, 1.807) is 42.5 Å². The lowest BCUT2D eigenvalue weighted by molar-refractivity contribution is -0.115. The Labute approximate surface area is 161 Å². The Bertz CT molecular complexity index is 1150. The molecule has 1 aromatic heterocycles. The Morgan fingerprint density at radius 1 is 1.00 bits per heavy atom. The molecule has 1 aliphatic rings. The standard InChI is InChI=1S/C20H16N2O5S/c23-19-12-22(17-9-5-4-8-16(17)21-19)20(24)18-11-10-14(27-18)13-28(25,26)15-6-2-1-3-7-15/h1-11H,12-13H2,(H,21,23). The minimum absolute atomic E-state index is 0.0252. The maximum absolute atomic E-state index is 12.9. The van der Waals surface area contributed by atoms with Crippen molar-refractivity contribution in [1.82, 2.24) is 0 Å². The molecule has 0 unspecified atom stereocenters. The average Bonchev–Trinajstić information content (AvgIpc) is 3.15. The Morgan fingerprint density at radius 3 is 2.50 bits per heavy atom. The number of carbonyl (C=O) groups is 2. The lowest BCUT2D eigenvalue weighted by Crippen LogP contribution is -2.42. The summed E-state index contributed by atoms with van der Waals surface area (Å²) in [6, 6.07) is 17.9. The second-order valence-corrected chi connectivity index (χ2v) is 8.28. The third-order valence-electron chi connectivity index (χ3n) is 4.32. The van der Waals surface area contributed by atoms with Gasteiger partial charge in [0.15, 0.2) is 15.6 Å². The van der Waals surface area contributed by atoms with Crippen LogP contribution in [-0.4, -0.2) is 26.8 Å². The molecule has 2 heterocycles. The van der Waals surface area contributed by atoms with Crippen molar-refractivity contribution in [3.63, 3.8) is 0 Å².